The first kappa shape index (κ1) is 23.5. The number of methoxy groups -OCH3 is 1. The smallest absolute Gasteiger partial charge is 0.287 e. The molecule has 0 bridgehead atoms. The van der Waals surface area contributed by atoms with E-state index in [1.54, 1.807) is 18.2 Å². The van der Waals surface area contributed by atoms with Crippen molar-refractivity contribution in [1.29, 1.82) is 5.26 Å². The number of para-hydroxylation sites is 1. The molecule has 1 saturated heterocycles. The van der Waals surface area contributed by atoms with Gasteiger partial charge in [0.2, 0.25) is 11.8 Å². The molecule has 4 rings (SSSR count). The molecule has 0 radical (unpaired) electrons. The summed E-state index contributed by atoms with van der Waals surface area (Å²) >= 11 is 0. The van der Waals surface area contributed by atoms with Crippen LogP contribution >= 0.6 is 0 Å². The molecule has 34 heavy (non-hydrogen) atoms. The SMILES string of the molecule is COc1cccc2[nH]c(C(=O)N[C@@H](CC3CC3)C(=O)N[C@H](C#N)C[C@@H]3CC(C)(C)NC3=O)nc12. The van der Waals surface area contributed by atoms with E-state index in [0.717, 1.165) is 12.8 Å². The van der Waals surface area contributed by atoms with Crippen molar-refractivity contribution in [2.45, 2.75) is 63.6 Å². The van der Waals surface area contributed by atoms with Crippen LogP contribution in [-0.4, -0.2) is 52.4 Å². The topological polar surface area (TPSA) is 149 Å². The number of H-pyrrole nitrogens is 1. The van der Waals surface area contributed by atoms with Gasteiger partial charge in [-0.05, 0) is 51.2 Å². The first-order valence-electron chi connectivity index (χ1n) is 11.5. The quantitative estimate of drug-likeness (QED) is 0.443. The monoisotopic (exact) mass is 466 g/mol. The second kappa shape index (κ2) is 9.33. The van der Waals surface area contributed by atoms with Crippen molar-refractivity contribution < 1.29 is 19.1 Å². The number of rotatable bonds is 9. The maximum Gasteiger partial charge on any atom is 0.287 e. The van der Waals surface area contributed by atoms with Crippen LogP contribution < -0.4 is 20.7 Å². The zero-order valence-corrected chi connectivity index (χ0v) is 19.6. The van der Waals surface area contributed by atoms with Gasteiger partial charge in [-0.25, -0.2) is 4.98 Å². The Labute approximate surface area is 197 Å². The summed E-state index contributed by atoms with van der Waals surface area (Å²) in [6.45, 7) is 3.86. The van der Waals surface area contributed by atoms with Crippen molar-refractivity contribution in [2.75, 3.05) is 7.11 Å². The lowest BCUT2D eigenvalue weighted by Gasteiger charge is -2.21. The number of carbonyl (C=O) groups is 3. The van der Waals surface area contributed by atoms with Gasteiger partial charge in [-0.3, -0.25) is 14.4 Å². The molecule has 2 aromatic rings. The second-order valence-electron chi connectivity index (χ2n) is 9.85. The summed E-state index contributed by atoms with van der Waals surface area (Å²) in [5, 5.41) is 18.0. The summed E-state index contributed by atoms with van der Waals surface area (Å²) in [5.41, 5.74) is 0.847. The van der Waals surface area contributed by atoms with E-state index in [0.29, 0.717) is 35.5 Å². The average Bonchev–Trinajstić information content (AvgIpc) is 3.42. The minimum absolute atomic E-state index is 0.0785. The van der Waals surface area contributed by atoms with Gasteiger partial charge in [-0.1, -0.05) is 18.9 Å². The van der Waals surface area contributed by atoms with Gasteiger partial charge in [-0.2, -0.15) is 5.26 Å². The largest absolute Gasteiger partial charge is 0.494 e. The van der Waals surface area contributed by atoms with Crippen LogP contribution in [0.3, 0.4) is 0 Å². The fraction of sp³-hybridized carbons (Fsp3) is 0.542. The van der Waals surface area contributed by atoms with E-state index in [-0.39, 0.29) is 29.6 Å². The number of hydrogen-bond acceptors (Lipinski definition) is 6. The third kappa shape index (κ3) is 5.30. The van der Waals surface area contributed by atoms with E-state index < -0.39 is 23.9 Å². The van der Waals surface area contributed by atoms with Crippen molar-refractivity contribution in [1.82, 2.24) is 25.9 Å². The number of fused-ring (bicyclic) bond motifs is 1. The molecule has 0 unspecified atom stereocenters. The molecule has 1 saturated carbocycles. The summed E-state index contributed by atoms with van der Waals surface area (Å²) in [5.74, 6) is -0.424. The number of aromatic nitrogens is 2. The lowest BCUT2D eigenvalue weighted by atomic mass is 9.92. The van der Waals surface area contributed by atoms with Crippen LogP contribution in [0.5, 0.6) is 5.75 Å². The molecule has 10 heteroatoms. The zero-order valence-electron chi connectivity index (χ0n) is 19.6. The molecule has 1 aromatic carbocycles. The number of amides is 3. The van der Waals surface area contributed by atoms with Gasteiger partial charge >= 0.3 is 0 Å². The van der Waals surface area contributed by atoms with E-state index >= 15 is 0 Å². The highest BCUT2D eigenvalue weighted by Crippen LogP contribution is 2.34. The number of imidazole rings is 1. The van der Waals surface area contributed by atoms with E-state index in [1.807, 2.05) is 13.8 Å². The lowest BCUT2D eigenvalue weighted by Crippen LogP contribution is -2.50. The van der Waals surface area contributed by atoms with Crippen LogP contribution in [0.2, 0.25) is 0 Å². The van der Waals surface area contributed by atoms with Gasteiger partial charge < -0.3 is 25.7 Å². The maximum atomic E-state index is 13.1. The summed E-state index contributed by atoms with van der Waals surface area (Å²) in [4.78, 5) is 45.5. The first-order valence-corrected chi connectivity index (χ1v) is 11.5. The van der Waals surface area contributed by atoms with Gasteiger partial charge in [0.15, 0.2) is 5.82 Å². The van der Waals surface area contributed by atoms with Crippen LogP contribution in [0.1, 0.15) is 56.6 Å². The Hall–Kier alpha value is -3.61. The highest BCUT2D eigenvalue weighted by Gasteiger charge is 2.39. The Morgan fingerprint density at radius 1 is 1.29 bits per heavy atom. The molecule has 2 fully saturated rings. The maximum absolute atomic E-state index is 13.1. The minimum Gasteiger partial charge on any atom is -0.494 e. The van der Waals surface area contributed by atoms with E-state index in [2.05, 4.69) is 32.0 Å². The van der Waals surface area contributed by atoms with E-state index in [4.69, 9.17) is 4.74 Å². The number of ether oxygens (including phenoxy) is 1. The number of aromatic amines is 1. The molecule has 3 atom stereocenters. The molecular formula is C24H30N6O4. The van der Waals surface area contributed by atoms with E-state index in [9.17, 15) is 19.6 Å². The highest BCUT2D eigenvalue weighted by atomic mass is 16.5. The fourth-order valence-corrected chi connectivity index (χ4v) is 4.51. The van der Waals surface area contributed by atoms with Gasteiger partial charge in [0, 0.05) is 11.5 Å². The summed E-state index contributed by atoms with van der Waals surface area (Å²) in [7, 11) is 1.53. The van der Waals surface area contributed by atoms with Crippen LogP contribution in [0.4, 0.5) is 0 Å². The Kier molecular flexibility index (Phi) is 6.46. The Morgan fingerprint density at radius 2 is 2.06 bits per heavy atom. The summed E-state index contributed by atoms with van der Waals surface area (Å²) < 4.78 is 5.29. The van der Waals surface area contributed by atoms with E-state index in [1.165, 1.54) is 7.11 Å². The third-order valence-electron chi connectivity index (χ3n) is 6.38. The Morgan fingerprint density at radius 3 is 2.68 bits per heavy atom. The van der Waals surface area contributed by atoms with Crippen LogP contribution in [-0.2, 0) is 9.59 Å². The lowest BCUT2D eigenvalue weighted by molar-refractivity contribution is -0.125. The van der Waals surface area contributed by atoms with Crippen molar-refractivity contribution in [2.24, 2.45) is 11.8 Å². The molecule has 180 valence electrons. The minimum atomic E-state index is -0.828. The number of hydrogen-bond donors (Lipinski definition) is 4. The number of nitriles is 1. The second-order valence-corrected chi connectivity index (χ2v) is 9.85. The molecule has 10 nitrogen and oxygen atoms in total. The highest BCUT2D eigenvalue weighted by molar-refractivity contribution is 5.98. The van der Waals surface area contributed by atoms with Crippen LogP contribution in [0.15, 0.2) is 18.2 Å². The standard InChI is InChI=1S/C24H30N6O4/c1-24(2)11-14(21(31)30-24)10-15(12-25)26-22(32)17(9-13-7-8-13)28-23(33)20-27-16-5-4-6-18(34-3)19(16)29-20/h4-6,13-15,17H,7-11H2,1-3H3,(H,26,32)(H,27,29)(H,28,33)(H,30,31)/t14-,15+,17+/m1/s1. The number of nitrogens with one attached hydrogen (secondary N) is 4. The Bertz CT molecular complexity index is 1150. The van der Waals surface area contributed by atoms with Gasteiger partial charge in [-0.15, -0.1) is 0 Å². The van der Waals surface area contributed by atoms with Gasteiger partial charge in [0.25, 0.3) is 5.91 Å². The zero-order chi connectivity index (χ0) is 24.5. The first-order chi connectivity index (χ1) is 16.2. The predicted octanol–water partition coefficient (Wildman–Crippen LogP) is 1.78. The van der Waals surface area contributed by atoms with Crippen molar-refractivity contribution in [3.05, 3.63) is 24.0 Å². The van der Waals surface area contributed by atoms with Crippen molar-refractivity contribution in [3.63, 3.8) is 0 Å². The van der Waals surface area contributed by atoms with Crippen LogP contribution in [0, 0.1) is 23.2 Å². The van der Waals surface area contributed by atoms with Gasteiger partial charge in [0.05, 0.1) is 18.7 Å². The molecule has 1 aromatic heterocycles. The number of nitrogens with zero attached hydrogens (tertiary/aromatic N) is 2. The molecule has 2 heterocycles. The summed E-state index contributed by atoms with van der Waals surface area (Å²) in [6, 6.07) is 5.78. The molecule has 4 N–H and O–H groups in total. The molecule has 3 amide bonds. The molecule has 1 aliphatic heterocycles. The van der Waals surface area contributed by atoms with Crippen LogP contribution in [0.25, 0.3) is 11.0 Å². The Balaban J connectivity index is 1.44. The normalized spacial score (nSPS) is 20.8. The number of benzene rings is 1. The van der Waals surface area contributed by atoms with Crippen molar-refractivity contribution in [3.8, 4) is 11.8 Å². The average molecular weight is 467 g/mol. The molecule has 1 aliphatic carbocycles. The van der Waals surface area contributed by atoms with Gasteiger partial charge in [0.1, 0.15) is 23.3 Å². The van der Waals surface area contributed by atoms with Crippen molar-refractivity contribution >= 4 is 28.8 Å². The third-order valence-corrected chi connectivity index (χ3v) is 6.38. The molecule has 0 spiro atoms. The molecule has 2 aliphatic rings. The summed E-state index contributed by atoms with van der Waals surface area (Å²) in [6.07, 6.45) is 3.31. The fourth-order valence-electron chi connectivity index (χ4n) is 4.51. The number of carbonyl (C=O) groups excluding carboxylic acids is 3. The predicted molar refractivity (Wildman–Crippen MR) is 124 cm³/mol. The molecular weight excluding hydrogens is 436 g/mol.